The van der Waals surface area contributed by atoms with E-state index in [9.17, 15) is 4.39 Å². The van der Waals surface area contributed by atoms with Crippen molar-refractivity contribution in [2.24, 2.45) is 0 Å². The molecular formula is C24H29FO. The van der Waals surface area contributed by atoms with Crippen LogP contribution in [0.4, 0.5) is 4.39 Å². The summed E-state index contributed by atoms with van der Waals surface area (Å²) in [5.74, 6) is 6.77. The molecule has 2 aromatic carbocycles. The van der Waals surface area contributed by atoms with Crippen molar-refractivity contribution in [3.63, 3.8) is 0 Å². The molecule has 0 radical (unpaired) electrons. The van der Waals surface area contributed by atoms with Gasteiger partial charge in [-0.05, 0) is 67.1 Å². The fraction of sp³-hybridized carbons (Fsp3) is 0.417. The highest BCUT2D eigenvalue weighted by atomic mass is 19.1. The van der Waals surface area contributed by atoms with Crippen LogP contribution >= 0.6 is 0 Å². The van der Waals surface area contributed by atoms with Crippen LogP contribution in [0.2, 0.25) is 0 Å². The monoisotopic (exact) mass is 352 g/mol. The minimum atomic E-state index is -0.206. The summed E-state index contributed by atoms with van der Waals surface area (Å²) in [4.78, 5) is 0. The van der Waals surface area contributed by atoms with Gasteiger partial charge in [-0.2, -0.15) is 0 Å². The number of halogens is 1. The maximum absolute atomic E-state index is 14.5. The Morgan fingerprint density at radius 2 is 1.65 bits per heavy atom. The summed E-state index contributed by atoms with van der Waals surface area (Å²) in [5, 5.41) is 0. The van der Waals surface area contributed by atoms with Crippen molar-refractivity contribution in [2.45, 2.75) is 59.3 Å². The molecule has 0 saturated heterocycles. The van der Waals surface area contributed by atoms with Gasteiger partial charge >= 0.3 is 0 Å². The van der Waals surface area contributed by atoms with E-state index in [4.69, 9.17) is 4.74 Å². The van der Waals surface area contributed by atoms with E-state index in [0.29, 0.717) is 5.56 Å². The lowest BCUT2D eigenvalue weighted by Gasteiger charge is -2.08. The van der Waals surface area contributed by atoms with Crippen LogP contribution in [0.1, 0.15) is 68.7 Å². The third-order valence-corrected chi connectivity index (χ3v) is 4.38. The molecule has 2 heteroatoms. The van der Waals surface area contributed by atoms with Gasteiger partial charge in [-0.25, -0.2) is 4.39 Å². The van der Waals surface area contributed by atoms with Crippen molar-refractivity contribution in [1.29, 1.82) is 0 Å². The number of benzene rings is 2. The van der Waals surface area contributed by atoms with Gasteiger partial charge in [0.2, 0.25) is 0 Å². The van der Waals surface area contributed by atoms with Gasteiger partial charge in [0.05, 0.1) is 12.2 Å². The Morgan fingerprint density at radius 3 is 2.31 bits per heavy atom. The van der Waals surface area contributed by atoms with E-state index in [1.165, 1.54) is 0 Å². The molecule has 0 aromatic heterocycles. The Balaban J connectivity index is 2.15. The number of hydrogen-bond acceptors (Lipinski definition) is 1. The van der Waals surface area contributed by atoms with E-state index in [1.54, 1.807) is 6.07 Å². The Morgan fingerprint density at radius 1 is 0.923 bits per heavy atom. The van der Waals surface area contributed by atoms with Crippen LogP contribution < -0.4 is 4.74 Å². The van der Waals surface area contributed by atoms with Crippen LogP contribution in [-0.4, -0.2) is 6.61 Å². The van der Waals surface area contributed by atoms with Crippen LogP contribution in [0.15, 0.2) is 36.4 Å². The predicted molar refractivity (Wildman–Crippen MR) is 107 cm³/mol. The van der Waals surface area contributed by atoms with E-state index in [-0.39, 0.29) is 5.82 Å². The second-order valence-corrected chi connectivity index (χ2v) is 6.55. The summed E-state index contributed by atoms with van der Waals surface area (Å²) < 4.78 is 20.2. The molecule has 0 unspecified atom stereocenters. The topological polar surface area (TPSA) is 9.23 Å². The van der Waals surface area contributed by atoms with E-state index in [1.807, 2.05) is 31.2 Å². The summed E-state index contributed by atoms with van der Waals surface area (Å²) in [6, 6.07) is 11.4. The van der Waals surface area contributed by atoms with Crippen molar-refractivity contribution >= 4 is 0 Å². The summed E-state index contributed by atoms with van der Waals surface area (Å²) in [7, 11) is 0. The normalized spacial score (nSPS) is 10.3. The second kappa shape index (κ2) is 10.7. The van der Waals surface area contributed by atoms with Gasteiger partial charge in [-0.3, -0.25) is 0 Å². The molecule has 0 amide bonds. The van der Waals surface area contributed by atoms with E-state index >= 15 is 0 Å². The van der Waals surface area contributed by atoms with Gasteiger partial charge in [0.25, 0.3) is 0 Å². The molecule has 0 heterocycles. The Labute approximate surface area is 157 Å². The second-order valence-electron chi connectivity index (χ2n) is 6.55. The molecule has 0 aliphatic heterocycles. The molecule has 0 aliphatic rings. The number of aryl methyl sites for hydroxylation is 2. The van der Waals surface area contributed by atoms with E-state index in [0.717, 1.165) is 67.6 Å². The third-order valence-electron chi connectivity index (χ3n) is 4.38. The first-order valence-electron chi connectivity index (χ1n) is 9.74. The zero-order chi connectivity index (χ0) is 18.8. The number of hydrogen-bond donors (Lipinski definition) is 0. The zero-order valence-electron chi connectivity index (χ0n) is 16.2. The van der Waals surface area contributed by atoms with Crippen LogP contribution in [-0.2, 0) is 12.8 Å². The van der Waals surface area contributed by atoms with Gasteiger partial charge in [-0.1, -0.05) is 51.5 Å². The van der Waals surface area contributed by atoms with Gasteiger partial charge in [0, 0.05) is 5.56 Å². The van der Waals surface area contributed by atoms with Crippen LogP contribution in [0, 0.1) is 17.7 Å². The molecule has 1 nitrogen and oxygen atoms in total. The number of ether oxygens (including phenoxy) is 1. The molecule has 26 heavy (non-hydrogen) atoms. The molecule has 0 spiro atoms. The molecule has 0 bridgehead atoms. The highest BCUT2D eigenvalue weighted by Crippen LogP contribution is 2.19. The molecule has 0 saturated carbocycles. The van der Waals surface area contributed by atoms with Crippen molar-refractivity contribution in [3.8, 4) is 17.6 Å². The fourth-order valence-corrected chi connectivity index (χ4v) is 2.77. The lowest BCUT2D eigenvalue weighted by atomic mass is 9.98. The smallest absolute Gasteiger partial charge is 0.139 e. The lowest BCUT2D eigenvalue weighted by Crippen LogP contribution is -1.97. The van der Waals surface area contributed by atoms with Crippen LogP contribution in [0.5, 0.6) is 5.75 Å². The molecule has 0 atom stereocenters. The van der Waals surface area contributed by atoms with Crippen molar-refractivity contribution in [2.75, 3.05) is 6.61 Å². The maximum atomic E-state index is 14.5. The van der Waals surface area contributed by atoms with Crippen molar-refractivity contribution in [3.05, 3.63) is 64.5 Å². The maximum Gasteiger partial charge on any atom is 0.139 e. The van der Waals surface area contributed by atoms with E-state index < -0.39 is 0 Å². The summed E-state index contributed by atoms with van der Waals surface area (Å²) >= 11 is 0. The van der Waals surface area contributed by atoms with Gasteiger partial charge < -0.3 is 4.74 Å². The minimum absolute atomic E-state index is 0.206. The average Bonchev–Trinajstić information content (AvgIpc) is 2.66. The highest BCUT2D eigenvalue weighted by molar-refractivity contribution is 5.49. The van der Waals surface area contributed by atoms with E-state index in [2.05, 4.69) is 31.8 Å². The van der Waals surface area contributed by atoms with Gasteiger partial charge in [0.1, 0.15) is 11.6 Å². The Hall–Kier alpha value is -2.27. The first-order valence-corrected chi connectivity index (χ1v) is 9.74. The molecular weight excluding hydrogens is 323 g/mol. The first-order chi connectivity index (χ1) is 12.7. The lowest BCUT2D eigenvalue weighted by molar-refractivity contribution is 0.309. The zero-order valence-corrected chi connectivity index (χ0v) is 16.2. The molecule has 0 fully saturated rings. The molecule has 138 valence electrons. The SMILES string of the molecule is CCCCOc1ccc(C#Cc2c(F)cc(CCCC)cc2CC)cc1. The summed E-state index contributed by atoms with van der Waals surface area (Å²) in [6.07, 6.45) is 6.07. The number of unbranched alkanes of at least 4 members (excludes halogenated alkanes) is 2. The van der Waals surface area contributed by atoms with Crippen LogP contribution in [0.3, 0.4) is 0 Å². The largest absolute Gasteiger partial charge is 0.494 e. The highest BCUT2D eigenvalue weighted by Gasteiger charge is 2.08. The van der Waals surface area contributed by atoms with Gasteiger partial charge in [-0.15, -0.1) is 0 Å². The summed E-state index contributed by atoms with van der Waals surface area (Å²) in [6.45, 7) is 7.07. The third kappa shape index (κ3) is 5.92. The molecule has 2 rings (SSSR count). The Kier molecular flexibility index (Phi) is 8.22. The Bertz CT molecular complexity index is 750. The standard InChI is InChI=1S/C24H29FO/c1-4-7-9-20-17-21(6-3)23(24(25)18-20)15-12-19-10-13-22(14-11-19)26-16-8-5-2/h10-11,13-14,17-18H,4-9,16H2,1-3H3. The molecule has 0 aliphatic carbocycles. The quantitative estimate of drug-likeness (QED) is 0.399. The predicted octanol–water partition coefficient (Wildman–Crippen LogP) is 6.31. The van der Waals surface area contributed by atoms with Gasteiger partial charge in [0.15, 0.2) is 0 Å². The number of rotatable bonds is 8. The van der Waals surface area contributed by atoms with Crippen molar-refractivity contribution in [1.82, 2.24) is 0 Å². The minimum Gasteiger partial charge on any atom is -0.494 e. The fourth-order valence-electron chi connectivity index (χ4n) is 2.77. The van der Waals surface area contributed by atoms with Crippen molar-refractivity contribution < 1.29 is 9.13 Å². The first kappa shape index (κ1) is 20.0. The average molecular weight is 352 g/mol. The summed E-state index contributed by atoms with van der Waals surface area (Å²) in [5.41, 5.74) is 3.45. The molecule has 0 N–H and O–H groups in total. The molecule has 2 aromatic rings. The van der Waals surface area contributed by atoms with Crippen LogP contribution in [0.25, 0.3) is 0 Å².